The minimum atomic E-state index is -1.26. The molecule has 0 saturated carbocycles. The average molecular weight is 515 g/mol. The number of anilines is 1. The van der Waals surface area contributed by atoms with Crippen molar-refractivity contribution in [3.05, 3.63) is 119 Å². The number of nitrogens with zero attached hydrogens (tertiary/aromatic N) is 3. The van der Waals surface area contributed by atoms with E-state index < -0.39 is 11.6 Å². The van der Waals surface area contributed by atoms with Gasteiger partial charge in [-0.25, -0.2) is 9.78 Å². The summed E-state index contributed by atoms with van der Waals surface area (Å²) >= 11 is 1.14. The van der Waals surface area contributed by atoms with Crippen LogP contribution in [0, 0.1) is 0 Å². The highest BCUT2D eigenvalue weighted by atomic mass is 32.1. The second kappa shape index (κ2) is 12.3. The Labute approximate surface area is 220 Å². The predicted octanol–water partition coefficient (Wildman–Crippen LogP) is 5.23. The average Bonchev–Trinajstić information content (AvgIpc) is 3.59. The summed E-state index contributed by atoms with van der Waals surface area (Å²) in [6.07, 6.45) is 2.83. The molecule has 190 valence electrons. The molecule has 37 heavy (non-hydrogen) atoms. The fraction of sp³-hybridized carbons (Fsp3) is 0.207. The number of oxime groups is 1. The standard InChI is InChI=1S/C24H19N3O3S.C5H11N/c25-23-26-20(16-31-23)21(22(28)29)27-30-24(17-10-4-1-5-11-17,18-12-6-2-7-13-18)19-14-8-3-9-15-19;1-6-4-2-3-5-6/h1-16H,(H2,25,26)(H,28,29);2-5H2,1H3. The molecule has 0 radical (unpaired) electrons. The van der Waals surface area contributed by atoms with Crippen LogP contribution in [0.15, 0.2) is 102 Å². The number of benzene rings is 3. The van der Waals surface area contributed by atoms with Gasteiger partial charge in [0, 0.05) is 22.1 Å². The summed E-state index contributed by atoms with van der Waals surface area (Å²) in [5, 5.41) is 15.7. The van der Waals surface area contributed by atoms with Gasteiger partial charge >= 0.3 is 5.97 Å². The number of hydrogen-bond acceptors (Lipinski definition) is 7. The van der Waals surface area contributed by atoms with E-state index >= 15 is 0 Å². The number of carboxylic acids is 1. The monoisotopic (exact) mass is 514 g/mol. The number of likely N-dealkylation sites (tertiary alicyclic amines) is 1. The first kappa shape index (κ1) is 26.1. The molecular weight excluding hydrogens is 484 g/mol. The molecule has 0 atom stereocenters. The fourth-order valence-corrected chi connectivity index (χ4v) is 4.81. The lowest BCUT2D eigenvalue weighted by atomic mass is 9.80. The lowest BCUT2D eigenvalue weighted by Crippen LogP contribution is -2.32. The molecule has 3 N–H and O–H groups in total. The Morgan fingerprint density at radius 2 is 1.38 bits per heavy atom. The van der Waals surface area contributed by atoms with E-state index in [2.05, 4.69) is 22.1 Å². The number of nitrogens with two attached hydrogens (primary N) is 1. The second-order valence-electron chi connectivity index (χ2n) is 8.70. The van der Waals surface area contributed by atoms with Gasteiger partial charge in [-0.05, 0) is 33.0 Å². The Balaban J connectivity index is 0.000000469. The van der Waals surface area contributed by atoms with Crippen molar-refractivity contribution in [1.82, 2.24) is 9.88 Å². The maximum atomic E-state index is 11.9. The van der Waals surface area contributed by atoms with Gasteiger partial charge in [-0.3, -0.25) is 0 Å². The predicted molar refractivity (Wildman–Crippen MR) is 148 cm³/mol. The molecule has 1 fully saturated rings. The van der Waals surface area contributed by atoms with Crippen LogP contribution in [0.1, 0.15) is 35.2 Å². The van der Waals surface area contributed by atoms with Gasteiger partial charge < -0.3 is 20.6 Å². The molecule has 0 aliphatic carbocycles. The zero-order valence-corrected chi connectivity index (χ0v) is 21.5. The van der Waals surface area contributed by atoms with Crippen molar-refractivity contribution in [1.29, 1.82) is 0 Å². The molecule has 0 spiro atoms. The quantitative estimate of drug-likeness (QED) is 0.199. The van der Waals surface area contributed by atoms with Crippen LogP contribution in [0.2, 0.25) is 0 Å². The highest BCUT2D eigenvalue weighted by molar-refractivity contribution is 7.13. The Morgan fingerprint density at radius 1 is 0.919 bits per heavy atom. The van der Waals surface area contributed by atoms with Gasteiger partial charge in [-0.1, -0.05) is 96.2 Å². The largest absolute Gasteiger partial charge is 0.476 e. The molecule has 2 heterocycles. The number of hydrogen-bond donors (Lipinski definition) is 2. The molecule has 1 aliphatic heterocycles. The Morgan fingerprint density at radius 3 is 1.70 bits per heavy atom. The number of carbonyl (C=O) groups is 1. The molecule has 0 unspecified atom stereocenters. The minimum absolute atomic E-state index is 0.151. The van der Waals surface area contributed by atoms with E-state index in [1.807, 2.05) is 91.0 Å². The summed E-state index contributed by atoms with van der Waals surface area (Å²) in [7, 11) is 2.17. The summed E-state index contributed by atoms with van der Waals surface area (Å²) in [5.41, 5.74) is 6.76. The molecule has 7 nitrogen and oxygen atoms in total. The number of aliphatic carboxylic acids is 1. The maximum absolute atomic E-state index is 11.9. The summed E-state index contributed by atoms with van der Waals surface area (Å²) < 4.78 is 0. The van der Waals surface area contributed by atoms with Crippen LogP contribution in [0.3, 0.4) is 0 Å². The third-order valence-electron chi connectivity index (χ3n) is 6.11. The smallest absolute Gasteiger partial charge is 0.360 e. The number of thiazole rings is 1. The Kier molecular flexibility index (Phi) is 8.66. The number of aromatic nitrogens is 1. The first-order valence-corrected chi connectivity index (χ1v) is 12.9. The summed E-state index contributed by atoms with van der Waals surface area (Å²) in [4.78, 5) is 24.6. The van der Waals surface area contributed by atoms with Gasteiger partial charge in [-0.2, -0.15) is 0 Å². The molecule has 8 heteroatoms. The van der Waals surface area contributed by atoms with Crippen molar-refractivity contribution in [2.75, 3.05) is 25.9 Å². The minimum Gasteiger partial charge on any atom is -0.476 e. The van der Waals surface area contributed by atoms with Crippen LogP contribution in [-0.4, -0.2) is 46.8 Å². The Bertz CT molecular complexity index is 1210. The van der Waals surface area contributed by atoms with E-state index in [0.29, 0.717) is 0 Å². The number of nitrogen functional groups attached to an aromatic ring is 1. The van der Waals surface area contributed by atoms with E-state index in [0.717, 1.165) is 28.0 Å². The van der Waals surface area contributed by atoms with Crippen LogP contribution in [-0.2, 0) is 15.2 Å². The highest BCUT2D eigenvalue weighted by Crippen LogP contribution is 2.40. The molecule has 1 aromatic heterocycles. The second-order valence-corrected chi connectivity index (χ2v) is 9.59. The summed E-state index contributed by atoms with van der Waals surface area (Å²) in [6, 6.07) is 28.7. The van der Waals surface area contributed by atoms with Crippen LogP contribution < -0.4 is 5.73 Å². The molecule has 1 saturated heterocycles. The molecule has 0 bridgehead atoms. The number of rotatable bonds is 7. The highest BCUT2D eigenvalue weighted by Gasteiger charge is 2.40. The third-order valence-corrected chi connectivity index (χ3v) is 6.79. The fourth-order valence-electron chi connectivity index (χ4n) is 4.26. The van der Waals surface area contributed by atoms with Crippen molar-refractivity contribution >= 4 is 28.1 Å². The SMILES string of the molecule is CN1CCCC1.Nc1nc(C(=NOC(c2ccccc2)(c2ccccc2)c2ccccc2)C(=O)O)cs1. The van der Waals surface area contributed by atoms with Gasteiger partial charge in [0.25, 0.3) is 0 Å². The van der Waals surface area contributed by atoms with Gasteiger partial charge in [0.15, 0.2) is 5.13 Å². The van der Waals surface area contributed by atoms with Crippen molar-refractivity contribution < 1.29 is 14.7 Å². The molecule has 0 amide bonds. The van der Waals surface area contributed by atoms with Crippen LogP contribution >= 0.6 is 11.3 Å². The summed E-state index contributed by atoms with van der Waals surface area (Å²) in [5.74, 6) is -1.26. The van der Waals surface area contributed by atoms with E-state index in [4.69, 9.17) is 10.6 Å². The molecule has 4 aromatic rings. The topological polar surface area (TPSA) is 101 Å². The molecule has 1 aliphatic rings. The van der Waals surface area contributed by atoms with Crippen LogP contribution in [0.4, 0.5) is 5.13 Å². The first-order valence-electron chi connectivity index (χ1n) is 12.1. The van der Waals surface area contributed by atoms with E-state index in [-0.39, 0.29) is 16.5 Å². The van der Waals surface area contributed by atoms with E-state index in [1.54, 1.807) is 5.38 Å². The zero-order chi connectivity index (χ0) is 26.1. The van der Waals surface area contributed by atoms with Crippen molar-refractivity contribution in [3.8, 4) is 0 Å². The molecule has 5 rings (SSSR count). The first-order chi connectivity index (χ1) is 18.0. The lowest BCUT2D eigenvalue weighted by molar-refractivity contribution is -0.129. The number of carboxylic acid groups (broad SMARTS) is 1. The van der Waals surface area contributed by atoms with E-state index in [9.17, 15) is 9.90 Å². The lowest BCUT2D eigenvalue weighted by Gasteiger charge is -2.33. The maximum Gasteiger partial charge on any atom is 0.360 e. The van der Waals surface area contributed by atoms with E-state index in [1.165, 1.54) is 25.9 Å². The van der Waals surface area contributed by atoms with Crippen LogP contribution in [0.25, 0.3) is 0 Å². The normalized spacial score (nSPS) is 14.0. The van der Waals surface area contributed by atoms with Gasteiger partial charge in [0.05, 0.1) is 0 Å². The van der Waals surface area contributed by atoms with Gasteiger partial charge in [-0.15, -0.1) is 11.3 Å². The van der Waals surface area contributed by atoms with Crippen molar-refractivity contribution in [2.45, 2.75) is 18.4 Å². The summed E-state index contributed by atoms with van der Waals surface area (Å²) in [6.45, 7) is 2.64. The van der Waals surface area contributed by atoms with Crippen molar-refractivity contribution in [3.63, 3.8) is 0 Å². The van der Waals surface area contributed by atoms with Gasteiger partial charge in [0.2, 0.25) is 11.3 Å². The zero-order valence-electron chi connectivity index (χ0n) is 20.7. The van der Waals surface area contributed by atoms with Crippen molar-refractivity contribution in [2.24, 2.45) is 5.16 Å². The Hall–Kier alpha value is -4.01. The molecule has 3 aromatic carbocycles. The van der Waals surface area contributed by atoms with Gasteiger partial charge in [0.1, 0.15) is 5.69 Å². The molecular formula is C29H30N4O3S. The van der Waals surface area contributed by atoms with Crippen LogP contribution in [0.5, 0.6) is 0 Å². The third kappa shape index (κ3) is 6.22.